The van der Waals surface area contributed by atoms with Gasteiger partial charge in [0.1, 0.15) is 12.3 Å². The summed E-state index contributed by atoms with van der Waals surface area (Å²) in [5.74, 6) is 0.810. The Hall–Kier alpha value is -2.33. The first-order valence-corrected chi connectivity index (χ1v) is 15.2. The molecule has 2 aromatic carbocycles. The van der Waals surface area contributed by atoms with Gasteiger partial charge in [-0.2, -0.15) is 0 Å². The van der Waals surface area contributed by atoms with Crippen LogP contribution in [0.15, 0.2) is 54.6 Å². The maximum absolute atomic E-state index is 13.0. The standard InChI is InChI=1S/C34H54NO3/c1-5-7-8-9-10-11-12-13-15-21-30-24-18-25-32(28-30)37-26-19-27-38-34(36)33(20-6-2)35(3,4)29-31-22-16-14-17-23-31/h14,16-18,22-25,28,33H,5-13,15,19-21,26-27,29H2,1-4H3/q+1. The molecule has 0 aliphatic carbocycles. The number of unbranched alkanes of at least 4 members (excludes halogenated alkanes) is 8. The molecule has 0 aromatic heterocycles. The van der Waals surface area contributed by atoms with Crippen LogP contribution in [0, 0.1) is 0 Å². The second kappa shape index (κ2) is 18.8. The monoisotopic (exact) mass is 524 g/mol. The summed E-state index contributed by atoms with van der Waals surface area (Å²) in [5, 5.41) is 0. The van der Waals surface area contributed by atoms with Gasteiger partial charge in [0.2, 0.25) is 0 Å². The number of esters is 1. The van der Waals surface area contributed by atoms with E-state index in [0.717, 1.165) is 31.6 Å². The highest BCUT2D eigenvalue weighted by Crippen LogP contribution is 2.20. The van der Waals surface area contributed by atoms with Gasteiger partial charge in [0, 0.05) is 18.4 Å². The quantitative estimate of drug-likeness (QED) is 0.0932. The molecule has 0 fully saturated rings. The van der Waals surface area contributed by atoms with Crippen molar-refractivity contribution >= 4 is 5.97 Å². The average molecular weight is 525 g/mol. The molecule has 0 saturated carbocycles. The molecule has 4 nitrogen and oxygen atoms in total. The smallest absolute Gasteiger partial charge is 0.364 e. The third kappa shape index (κ3) is 13.0. The van der Waals surface area contributed by atoms with Crippen LogP contribution in [0.3, 0.4) is 0 Å². The van der Waals surface area contributed by atoms with Gasteiger partial charge in [0.05, 0.1) is 27.3 Å². The molecular weight excluding hydrogens is 470 g/mol. The first-order chi connectivity index (χ1) is 18.5. The number of rotatable bonds is 21. The SMILES string of the molecule is CCCCCCCCCCCc1cccc(OCCCOC(=O)C(CCC)[N+](C)(C)Cc2ccccc2)c1. The van der Waals surface area contributed by atoms with E-state index >= 15 is 0 Å². The fraction of sp³-hybridized carbons (Fsp3) is 0.618. The highest BCUT2D eigenvalue weighted by molar-refractivity contribution is 5.74. The topological polar surface area (TPSA) is 35.5 Å². The molecule has 38 heavy (non-hydrogen) atoms. The molecule has 0 amide bonds. The van der Waals surface area contributed by atoms with Gasteiger partial charge in [-0.15, -0.1) is 0 Å². The molecular formula is C34H54NO3+. The van der Waals surface area contributed by atoms with Crippen molar-refractivity contribution in [3.8, 4) is 5.75 Å². The van der Waals surface area contributed by atoms with Crippen molar-refractivity contribution in [3.63, 3.8) is 0 Å². The van der Waals surface area contributed by atoms with E-state index in [2.05, 4.69) is 70.4 Å². The van der Waals surface area contributed by atoms with Crippen LogP contribution in [-0.2, 0) is 22.5 Å². The van der Waals surface area contributed by atoms with E-state index < -0.39 is 0 Å². The lowest BCUT2D eigenvalue weighted by molar-refractivity contribution is -0.920. The Kier molecular flexibility index (Phi) is 15.8. The fourth-order valence-electron chi connectivity index (χ4n) is 5.14. The predicted octanol–water partition coefficient (Wildman–Crippen LogP) is 8.52. The van der Waals surface area contributed by atoms with E-state index in [1.54, 1.807) is 0 Å². The lowest BCUT2D eigenvalue weighted by atomic mass is 10.0. The highest BCUT2D eigenvalue weighted by atomic mass is 16.5. The molecule has 0 aliphatic heterocycles. The summed E-state index contributed by atoms with van der Waals surface area (Å²) in [5.41, 5.74) is 2.58. The van der Waals surface area contributed by atoms with E-state index in [9.17, 15) is 4.79 Å². The first kappa shape index (κ1) is 31.9. The molecule has 0 bridgehead atoms. The van der Waals surface area contributed by atoms with Crippen molar-refractivity contribution in [1.82, 2.24) is 0 Å². The number of likely N-dealkylation sites (N-methyl/N-ethyl adjacent to an activating group) is 1. The van der Waals surface area contributed by atoms with Crippen molar-refractivity contribution in [2.24, 2.45) is 0 Å². The van der Waals surface area contributed by atoms with Crippen molar-refractivity contribution in [1.29, 1.82) is 0 Å². The Labute approximate surface area is 233 Å². The first-order valence-electron chi connectivity index (χ1n) is 15.2. The summed E-state index contributed by atoms with van der Waals surface area (Å²) >= 11 is 0. The number of ether oxygens (including phenoxy) is 2. The molecule has 1 unspecified atom stereocenters. The molecule has 0 heterocycles. The maximum Gasteiger partial charge on any atom is 0.364 e. The molecule has 212 valence electrons. The molecule has 0 spiro atoms. The van der Waals surface area contributed by atoms with Gasteiger partial charge in [0.15, 0.2) is 6.04 Å². The molecule has 1 atom stereocenters. The lowest BCUT2D eigenvalue weighted by Crippen LogP contribution is -2.52. The zero-order valence-corrected chi connectivity index (χ0v) is 24.8. The minimum absolute atomic E-state index is 0.101. The number of nitrogens with zero attached hydrogens (tertiary/aromatic N) is 1. The van der Waals surface area contributed by atoms with Crippen LogP contribution in [-0.4, -0.2) is 43.8 Å². The van der Waals surface area contributed by atoms with Gasteiger partial charge in [-0.3, -0.25) is 0 Å². The van der Waals surface area contributed by atoms with Crippen molar-refractivity contribution in [2.45, 2.75) is 110 Å². The minimum atomic E-state index is -0.168. The van der Waals surface area contributed by atoms with Crippen LogP contribution >= 0.6 is 0 Å². The summed E-state index contributed by atoms with van der Waals surface area (Å²) < 4.78 is 12.3. The number of hydrogen-bond acceptors (Lipinski definition) is 3. The van der Waals surface area contributed by atoms with Crippen LogP contribution in [0.5, 0.6) is 5.75 Å². The van der Waals surface area contributed by atoms with Crippen LogP contribution in [0.2, 0.25) is 0 Å². The van der Waals surface area contributed by atoms with Gasteiger partial charge in [-0.05, 0) is 37.0 Å². The van der Waals surface area contributed by atoms with E-state index in [-0.39, 0.29) is 12.0 Å². The Morgan fingerprint density at radius 2 is 1.39 bits per heavy atom. The zero-order chi connectivity index (χ0) is 27.5. The number of carbonyl (C=O) groups is 1. The summed E-state index contributed by atoms with van der Waals surface area (Å²) in [6.07, 6.45) is 15.8. The normalized spacial score (nSPS) is 12.3. The van der Waals surface area contributed by atoms with Crippen molar-refractivity contribution in [2.75, 3.05) is 27.3 Å². The number of benzene rings is 2. The third-order valence-electron chi connectivity index (χ3n) is 7.38. The van der Waals surface area contributed by atoms with Gasteiger partial charge in [0.25, 0.3) is 0 Å². The Bertz CT molecular complexity index is 880. The predicted molar refractivity (Wildman–Crippen MR) is 159 cm³/mol. The molecule has 4 heteroatoms. The molecule has 0 N–H and O–H groups in total. The highest BCUT2D eigenvalue weighted by Gasteiger charge is 2.35. The second-order valence-electron chi connectivity index (χ2n) is 11.3. The van der Waals surface area contributed by atoms with Crippen molar-refractivity contribution < 1.29 is 18.8 Å². The van der Waals surface area contributed by atoms with E-state index in [1.165, 1.54) is 68.9 Å². The van der Waals surface area contributed by atoms with E-state index in [0.29, 0.717) is 24.1 Å². The zero-order valence-electron chi connectivity index (χ0n) is 24.8. The van der Waals surface area contributed by atoms with E-state index in [1.807, 2.05) is 12.1 Å². The summed E-state index contributed by atoms with van der Waals surface area (Å²) in [6.45, 7) is 6.15. The summed E-state index contributed by atoms with van der Waals surface area (Å²) in [6, 6.07) is 18.7. The lowest BCUT2D eigenvalue weighted by Gasteiger charge is -2.36. The van der Waals surface area contributed by atoms with Crippen LogP contribution in [0.4, 0.5) is 0 Å². The molecule has 0 radical (unpaired) electrons. The Balaban J connectivity index is 1.66. The van der Waals surface area contributed by atoms with Crippen LogP contribution in [0.1, 0.15) is 102 Å². The molecule has 0 aliphatic rings. The van der Waals surface area contributed by atoms with Crippen molar-refractivity contribution in [3.05, 3.63) is 65.7 Å². The van der Waals surface area contributed by atoms with Gasteiger partial charge < -0.3 is 14.0 Å². The maximum atomic E-state index is 13.0. The van der Waals surface area contributed by atoms with Gasteiger partial charge in [-0.1, -0.05) is 108 Å². The number of hydrogen-bond donors (Lipinski definition) is 0. The second-order valence-corrected chi connectivity index (χ2v) is 11.3. The van der Waals surface area contributed by atoms with E-state index in [4.69, 9.17) is 9.47 Å². The Morgan fingerprint density at radius 3 is 2.08 bits per heavy atom. The summed E-state index contributed by atoms with van der Waals surface area (Å²) in [4.78, 5) is 13.0. The molecule has 2 rings (SSSR count). The van der Waals surface area contributed by atoms with Gasteiger partial charge >= 0.3 is 5.97 Å². The molecule has 0 saturated heterocycles. The fourth-order valence-corrected chi connectivity index (χ4v) is 5.14. The third-order valence-corrected chi connectivity index (χ3v) is 7.38. The Morgan fingerprint density at radius 1 is 0.737 bits per heavy atom. The van der Waals surface area contributed by atoms with Crippen LogP contribution in [0.25, 0.3) is 0 Å². The van der Waals surface area contributed by atoms with Crippen LogP contribution < -0.4 is 4.74 Å². The minimum Gasteiger partial charge on any atom is -0.493 e. The molecule has 2 aromatic rings. The number of aryl methyl sites for hydroxylation is 1. The largest absolute Gasteiger partial charge is 0.493 e. The summed E-state index contributed by atoms with van der Waals surface area (Å²) in [7, 11) is 4.25. The average Bonchev–Trinajstić information content (AvgIpc) is 2.91. The van der Waals surface area contributed by atoms with Gasteiger partial charge in [-0.25, -0.2) is 4.79 Å². The number of quaternary nitrogens is 1. The number of carbonyl (C=O) groups excluding carboxylic acids is 1.